The Morgan fingerprint density at radius 2 is 2.00 bits per heavy atom. The molecule has 0 radical (unpaired) electrons. The van der Waals surface area contributed by atoms with Crippen molar-refractivity contribution in [3.8, 4) is 5.75 Å². The van der Waals surface area contributed by atoms with Crippen LogP contribution in [0.3, 0.4) is 0 Å². The Bertz CT molecular complexity index is 412. The zero-order chi connectivity index (χ0) is 14.5. The van der Waals surface area contributed by atoms with Crippen LogP contribution in [0.15, 0.2) is 24.3 Å². The third kappa shape index (κ3) is 3.69. The zero-order valence-electron chi connectivity index (χ0n) is 11.7. The van der Waals surface area contributed by atoms with Gasteiger partial charge in [0.25, 0.3) is 0 Å². The van der Waals surface area contributed by atoms with Crippen LogP contribution in [0, 0.1) is 5.82 Å². The normalized spacial score (nSPS) is 26.8. The monoisotopic (exact) mass is 283 g/mol. The van der Waals surface area contributed by atoms with Crippen LogP contribution in [0.1, 0.15) is 19.3 Å². The minimum Gasteiger partial charge on any atom is -0.488 e. The second-order valence-corrected chi connectivity index (χ2v) is 5.30. The predicted octanol–water partition coefficient (Wildman–Crippen LogP) is 1.41. The Kier molecular flexibility index (Phi) is 5.34. The highest BCUT2D eigenvalue weighted by Crippen LogP contribution is 2.27. The molecule has 1 saturated carbocycles. The lowest BCUT2D eigenvalue weighted by molar-refractivity contribution is -0.0495. The summed E-state index contributed by atoms with van der Waals surface area (Å²) in [4.78, 5) is 1.96. The predicted molar refractivity (Wildman–Crippen MR) is 74.2 cm³/mol. The van der Waals surface area contributed by atoms with Gasteiger partial charge in [-0.15, -0.1) is 0 Å². The van der Waals surface area contributed by atoms with Crippen molar-refractivity contribution < 1.29 is 19.3 Å². The molecule has 0 aliphatic heterocycles. The molecule has 1 aliphatic rings. The standard InChI is InChI=1S/C15H22FNO3/c1-17(9-10-18)13-3-2-4-14(15(13)19)20-12-7-5-11(16)6-8-12/h5-8,13-15,18-19H,2-4,9-10H2,1H3/t13-,14+,15+/m0/s1. The fourth-order valence-electron chi connectivity index (χ4n) is 2.74. The fourth-order valence-corrected chi connectivity index (χ4v) is 2.74. The van der Waals surface area contributed by atoms with Crippen molar-refractivity contribution in [2.24, 2.45) is 0 Å². The second kappa shape index (κ2) is 7.02. The number of benzene rings is 1. The van der Waals surface area contributed by atoms with Gasteiger partial charge in [0, 0.05) is 12.6 Å². The van der Waals surface area contributed by atoms with Gasteiger partial charge in [0.2, 0.25) is 0 Å². The van der Waals surface area contributed by atoms with Crippen LogP contribution in [0.4, 0.5) is 4.39 Å². The van der Waals surface area contributed by atoms with Gasteiger partial charge in [-0.1, -0.05) is 0 Å². The summed E-state index contributed by atoms with van der Waals surface area (Å²) in [5.74, 6) is 0.267. The molecule has 0 heterocycles. The Hall–Kier alpha value is -1.17. The molecule has 0 saturated heterocycles. The smallest absolute Gasteiger partial charge is 0.126 e. The first-order chi connectivity index (χ1) is 9.61. The molecule has 1 aliphatic carbocycles. The topological polar surface area (TPSA) is 52.9 Å². The molecule has 0 bridgehead atoms. The van der Waals surface area contributed by atoms with E-state index in [0.717, 1.165) is 19.3 Å². The summed E-state index contributed by atoms with van der Waals surface area (Å²) in [6.45, 7) is 0.605. The van der Waals surface area contributed by atoms with Gasteiger partial charge in [0.15, 0.2) is 0 Å². The fraction of sp³-hybridized carbons (Fsp3) is 0.600. The van der Waals surface area contributed by atoms with E-state index in [2.05, 4.69) is 0 Å². The highest BCUT2D eigenvalue weighted by atomic mass is 19.1. The number of ether oxygens (including phenoxy) is 1. The number of likely N-dealkylation sites (N-methyl/N-ethyl adjacent to an activating group) is 1. The van der Waals surface area contributed by atoms with Crippen molar-refractivity contribution in [2.45, 2.75) is 37.5 Å². The van der Waals surface area contributed by atoms with Gasteiger partial charge in [0.05, 0.1) is 6.61 Å². The average Bonchev–Trinajstić information content (AvgIpc) is 2.44. The molecular weight excluding hydrogens is 261 g/mol. The minimum atomic E-state index is -0.606. The van der Waals surface area contributed by atoms with Crippen LogP contribution in [-0.4, -0.2) is 53.6 Å². The van der Waals surface area contributed by atoms with E-state index in [9.17, 15) is 9.50 Å². The number of hydrogen-bond donors (Lipinski definition) is 2. The van der Waals surface area contributed by atoms with Crippen molar-refractivity contribution in [3.05, 3.63) is 30.1 Å². The average molecular weight is 283 g/mol. The van der Waals surface area contributed by atoms with Crippen LogP contribution in [0.5, 0.6) is 5.75 Å². The Balaban J connectivity index is 1.99. The van der Waals surface area contributed by atoms with Crippen molar-refractivity contribution in [1.82, 2.24) is 4.90 Å². The molecule has 20 heavy (non-hydrogen) atoms. The lowest BCUT2D eigenvalue weighted by atomic mass is 9.89. The van der Waals surface area contributed by atoms with Crippen molar-refractivity contribution >= 4 is 0 Å². The van der Waals surface area contributed by atoms with Crippen LogP contribution < -0.4 is 4.74 Å². The molecule has 2 N–H and O–H groups in total. The second-order valence-electron chi connectivity index (χ2n) is 5.30. The van der Waals surface area contributed by atoms with Crippen LogP contribution in [-0.2, 0) is 0 Å². The van der Waals surface area contributed by atoms with Crippen molar-refractivity contribution in [1.29, 1.82) is 0 Å². The lowest BCUT2D eigenvalue weighted by Crippen LogP contribution is -2.52. The molecule has 112 valence electrons. The van der Waals surface area contributed by atoms with Gasteiger partial charge < -0.3 is 14.9 Å². The number of aliphatic hydroxyl groups is 2. The molecule has 1 fully saturated rings. The van der Waals surface area contributed by atoms with Crippen molar-refractivity contribution in [3.63, 3.8) is 0 Å². The number of rotatable bonds is 5. The molecule has 4 nitrogen and oxygen atoms in total. The number of halogens is 1. The molecular formula is C15H22FNO3. The molecule has 0 amide bonds. The Morgan fingerprint density at radius 1 is 1.30 bits per heavy atom. The largest absolute Gasteiger partial charge is 0.488 e. The third-order valence-corrected chi connectivity index (χ3v) is 3.88. The first kappa shape index (κ1) is 15.2. The summed E-state index contributed by atoms with van der Waals surface area (Å²) in [5.41, 5.74) is 0. The van der Waals surface area contributed by atoms with Gasteiger partial charge in [-0.2, -0.15) is 0 Å². The van der Waals surface area contributed by atoms with E-state index in [4.69, 9.17) is 9.84 Å². The SMILES string of the molecule is CN(CCO)[C@H]1CCC[C@@H](Oc2ccc(F)cc2)[C@@H]1O. The lowest BCUT2D eigenvalue weighted by Gasteiger charge is -2.39. The van der Waals surface area contributed by atoms with Gasteiger partial charge in [0.1, 0.15) is 23.8 Å². The van der Waals surface area contributed by atoms with Crippen molar-refractivity contribution in [2.75, 3.05) is 20.2 Å². The number of hydrogen-bond acceptors (Lipinski definition) is 4. The molecule has 1 aromatic rings. The maximum absolute atomic E-state index is 12.9. The van der Waals surface area contributed by atoms with E-state index in [-0.39, 0.29) is 24.6 Å². The summed E-state index contributed by atoms with van der Waals surface area (Å²) in [6, 6.07) is 5.83. The van der Waals surface area contributed by atoms with Crippen LogP contribution in [0.2, 0.25) is 0 Å². The molecule has 0 aromatic heterocycles. The van der Waals surface area contributed by atoms with E-state index in [0.29, 0.717) is 12.3 Å². The maximum atomic E-state index is 12.9. The first-order valence-electron chi connectivity index (χ1n) is 7.03. The van der Waals surface area contributed by atoms with Crippen LogP contribution >= 0.6 is 0 Å². The summed E-state index contributed by atoms with van der Waals surface area (Å²) in [6.07, 6.45) is 1.73. The molecule has 0 unspecified atom stereocenters. The van der Waals surface area contributed by atoms with E-state index < -0.39 is 6.10 Å². The van der Waals surface area contributed by atoms with E-state index in [1.807, 2.05) is 11.9 Å². The third-order valence-electron chi connectivity index (χ3n) is 3.88. The maximum Gasteiger partial charge on any atom is 0.126 e. The number of aliphatic hydroxyl groups excluding tert-OH is 2. The van der Waals surface area contributed by atoms with E-state index >= 15 is 0 Å². The van der Waals surface area contributed by atoms with E-state index in [1.165, 1.54) is 12.1 Å². The summed E-state index contributed by atoms with van der Waals surface area (Å²) in [5, 5.41) is 19.4. The quantitative estimate of drug-likeness (QED) is 0.858. The Labute approximate surface area is 118 Å². The van der Waals surface area contributed by atoms with Gasteiger partial charge >= 0.3 is 0 Å². The van der Waals surface area contributed by atoms with Crippen LogP contribution in [0.25, 0.3) is 0 Å². The minimum absolute atomic E-state index is 0.0126. The van der Waals surface area contributed by atoms with Gasteiger partial charge in [-0.3, -0.25) is 4.90 Å². The number of nitrogens with zero attached hydrogens (tertiary/aromatic N) is 1. The molecule has 2 rings (SSSR count). The highest BCUT2D eigenvalue weighted by Gasteiger charge is 2.35. The summed E-state index contributed by atoms with van der Waals surface area (Å²) in [7, 11) is 1.89. The molecule has 1 aromatic carbocycles. The first-order valence-corrected chi connectivity index (χ1v) is 7.03. The zero-order valence-corrected chi connectivity index (χ0v) is 11.7. The van der Waals surface area contributed by atoms with Gasteiger partial charge in [-0.05, 0) is 50.6 Å². The summed E-state index contributed by atoms with van der Waals surface area (Å²) >= 11 is 0. The van der Waals surface area contributed by atoms with Gasteiger partial charge in [-0.25, -0.2) is 4.39 Å². The molecule has 5 heteroatoms. The summed E-state index contributed by atoms with van der Waals surface area (Å²) < 4.78 is 18.6. The van der Waals surface area contributed by atoms with E-state index in [1.54, 1.807) is 12.1 Å². The highest BCUT2D eigenvalue weighted by molar-refractivity contribution is 5.22. The molecule has 0 spiro atoms. The Morgan fingerprint density at radius 3 is 2.65 bits per heavy atom. The molecule has 3 atom stereocenters.